The molecule has 0 atom stereocenters. The topological polar surface area (TPSA) is 160 Å². The minimum absolute atomic E-state index is 0.0110. The van der Waals surface area contributed by atoms with Crippen LogP contribution in [0.25, 0.3) is 0 Å². The van der Waals surface area contributed by atoms with Crippen LogP contribution in [-0.4, -0.2) is 41.8 Å². The summed E-state index contributed by atoms with van der Waals surface area (Å²) in [7, 11) is 0. The normalized spacial score (nSPS) is 9.53. The Kier molecular flexibility index (Phi) is 11.9. The number of carbonyl (C=O) groups excluding carboxylic acids is 2. The predicted molar refractivity (Wildman–Crippen MR) is 111 cm³/mol. The van der Waals surface area contributed by atoms with Crippen LogP contribution < -0.4 is 10.1 Å². The van der Waals surface area contributed by atoms with Crippen molar-refractivity contribution in [3.63, 3.8) is 0 Å². The van der Waals surface area contributed by atoms with Crippen LogP contribution >= 0.6 is 0 Å². The van der Waals surface area contributed by atoms with E-state index in [1.165, 1.54) is 29.8 Å². The van der Waals surface area contributed by atoms with Gasteiger partial charge in [0.1, 0.15) is 12.4 Å². The van der Waals surface area contributed by atoms with Crippen molar-refractivity contribution in [3.8, 4) is 5.75 Å². The van der Waals surface area contributed by atoms with E-state index in [0.29, 0.717) is 0 Å². The first-order valence-electron chi connectivity index (χ1n) is 9.42. The Labute approximate surface area is 183 Å². The maximum Gasteiger partial charge on any atom is 0.412 e. The number of hydrogen-bond acceptors (Lipinski definition) is 9. The van der Waals surface area contributed by atoms with Crippen LogP contribution in [0.1, 0.15) is 18.4 Å². The molecule has 12 nitrogen and oxygen atoms in total. The van der Waals surface area contributed by atoms with Gasteiger partial charge in [-0.1, -0.05) is 35.9 Å². The van der Waals surface area contributed by atoms with Crippen molar-refractivity contribution in [3.05, 3.63) is 80.4 Å². The molecule has 32 heavy (non-hydrogen) atoms. The number of rotatable bonds is 10. The van der Waals surface area contributed by atoms with E-state index in [1.54, 1.807) is 0 Å². The zero-order valence-corrected chi connectivity index (χ0v) is 17.3. The Hall–Kier alpha value is -4.22. The standard InChI is InChI=1S/C13H15N3O9.C7H8/c17-12(2-1-8-24-16(21)22)23-9-7-14-13(18)25-11-5-3-10(4-6-11)15(19)20;1-7-5-3-2-4-6-7/h3-6H,1-2,7-9H2,(H,14,18);2-6H,1H3. The molecule has 0 aromatic heterocycles. The van der Waals surface area contributed by atoms with Gasteiger partial charge in [-0.3, -0.25) is 14.9 Å². The highest BCUT2D eigenvalue weighted by Gasteiger charge is 2.08. The fraction of sp³-hybridized carbons (Fsp3) is 0.300. The quantitative estimate of drug-likeness (QED) is 0.248. The number of nitro groups is 1. The smallest absolute Gasteiger partial charge is 0.412 e. The minimum Gasteiger partial charge on any atom is -0.464 e. The van der Waals surface area contributed by atoms with Crippen molar-refractivity contribution in [2.24, 2.45) is 0 Å². The maximum absolute atomic E-state index is 11.5. The van der Waals surface area contributed by atoms with E-state index in [-0.39, 0.29) is 44.0 Å². The van der Waals surface area contributed by atoms with Crippen LogP contribution in [-0.2, 0) is 14.4 Å². The van der Waals surface area contributed by atoms with E-state index in [1.807, 2.05) is 18.2 Å². The second kappa shape index (κ2) is 14.7. The molecule has 0 saturated carbocycles. The first-order valence-corrected chi connectivity index (χ1v) is 9.42. The number of esters is 1. The van der Waals surface area contributed by atoms with E-state index in [9.17, 15) is 29.8 Å². The maximum atomic E-state index is 11.5. The van der Waals surface area contributed by atoms with Gasteiger partial charge in [-0.25, -0.2) is 4.79 Å². The molecule has 0 aliphatic rings. The molecular formula is C20H23N3O9. The summed E-state index contributed by atoms with van der Waals surface area (Å²) in [5.74, 6) is -0.469. The molecule has 2 aromatic carbocycles. The molecule has 172 valence electrons. The van der Waals surface area contributed by atoms with Crippen molar-refractivity contribution in [1.82, 2.24) is 5.32 Å². The summed E-state index contributed by atoms with van der Waals surface area (Å²) in [6.07, 6.45) is -0.736. The van der Waals surface area contributed by atoms with Gasteiger partial charge in [0.15, 0.2) is 0 Å². The van der Waals surface area contributed by atoms with Crippen LogP contribution in [0.3, 0.4) is 0 Å². The van der Waals surface area contributed by atoms with Crippen molar-refractivity contribution in [2.75, 3.05) is 19.8 Å². The third-order valence-corrected chi connectivity index (χ3v) is 3.55. The lowest BCUT2D eigenvalue weighted by atomic mass is 10.2. The molecule has 0 saturated heterocycles. The SMILES string of the molecule is Cc1ccccc1.O=C(CCCO[N+](=O)[O-])OCCNC(=O)Oc1ccc([N+](=O)[O-])cc1. The Balaban J connectivity index is 0.000000616. The number of nitrogens with one attached hydrogen (secondary N) is 1. The molecular weight excluding hydrogens is 426 g/mol. The number of carbonyl (C=O) groups is 2. The van der Waals surface area contributed by atoms with Gasteiger partial charge >= 0.3 is 12.1 Å². The van der Waals surface area contributed by atoms with Crippen LogP contribution in [0.4, 0.5) is 10.5 Å². The average molecular weight is 449 g/mol. The average Bonchev–Trinajstić information content (AvgIpc) is 2.75. The molecule has 0 heterocycles. The fourth-order valence-electron chi connectivity index (χ4n) is 2.06. The third kappa shape index (κ3) is 12.4. The van der Waals surface area contributed by atoms with E-state index < -0.39 is 22.1 Å². The Bertz CT molecular complexity index is 874. The number of amides is 1. The van der Waals surface area contributed by atoms with E-state index in [2.05, 4.69) is 29.2 Å². The number of hydrogen-bond donors (Lipinski definition) is 1. The lowest BCUT2D eigenvalue weighted by molar-refractivity contribution is -0.757. The molecule has 0 unspecified atom stereocenters. The summed E-state index contributed by atoms with van der Waals surface area (Å²) in [5.41, 5.74) is 1.19. The minimum atomic E-state index is -0.953. The molecule has 0 aliphatic carbocycles. The van der Waals surface area contributed by atoms with Gasteiger partial charge in [-0.2, -0.15) is 0 Å². The van der Waals surface area contributed by atoms with E-state index in [4.69, 9.17) is 9.47 Å². The molecule has 0 bridgehead atoms. The van der Waals surface area contributed by atoms with Gasteiger partial charge in [-0.15, -0.1) is 10.1 Å². The molecule has 1 N–H and O–H groups in total. The molecule has 1 amide bonds. The second-order valence-corrected chi connectivity index (χ2v) is 6.10. The van der Waals surface area contributed by atoms with Crippen molar-refractivity contribution in [1.29, 1.82) is 0 Å². The number of ether oxygens (including phenoxy) is 2. The lowest BCUT2D eigenvalue weighted by Gasteiger charge is -2.07. The summed E-state index contributed by atoms with van der Waals surface area (Å²) >= 11 is 0. The highest BCUT2D eigenvalue weighted by molar-refractivity contribution is 5.71. The zero-order chi connectivity index (χ0) is 23.8. The molecule has 0 aliphatic heterocycles. The highest BCUT2D eigenvalue weighted by Crippen LogP contribution is 2.17. The third-order valence-electron chi connectivity index (χ3n) is 3.55. The Morgan fingerprint density at radius 3 is 2.16 bits per heavy atom. The molecule has 0 radical (unpaired) electrons. The Morgan fingerprint density at radius 2 is 1.62 bits per heavy atom. The number of non-ortho nitro benzene ring substituents is 1. The van der Waals surface area contributed by atoms with Gasteiger partial charge in [0.25, 0.3) is 10.8 Å². The second-order valence-electron chi connectivity index (χ2n) is 6.10. The lowest BCUT2D eigenvalue weighted by Crippen LogP contribution is -2.30. The van der Waals surface area contributed by atoms with Gasteiger partial charge in [-0.05, 0) is 25.5 Å². The van der Waals surface area contributed by atoms with E-state index >= 15 is 0 Å². The molecule has 2 aromatic rings. The van der Waals surface area contributed by atoms with Crippen molar-refractivity contribution < 1.29 is 33.9 Å². The van der Waals surface area contributed by atoms with Crippen molar-refractivity contribution >= 4 is 17.7 Å². The van der Waals surface area contributed by atoms with Crippen LogP contribution in [0.15, 0.2) is 54.6 Å². The van der Waals surface area contributed by atoms with Gasteiger partial charge in [0, 0.05) is 18.6 Å². The summed E-state index contributed by atoms with van der Waals surface area (Å²) in [5, 5.41) is 21.7. The first-order chi connectivity index (χ1) is 15.3. The number of benzene rings is 2. The fourth-order valence-corrected chi connectivity index (χ4v) is 2.06. The summed E-state index contributed by atoms with van der Waals surface area (Å²) in [6.45, 7) is 1.76. The molecule has 12 heteroatoms. The molecule has 0 fully saturated rings. The van der Waals surface area contributed by atoms with E-state index in [0.717, 1.165) is 0 Å². The summed E-state index contributed by atoms with van der Waals surface area (Å²) in [6, 6.07) is 15.2. The molecule has 2 rings (SSSR count). The summed E-state index contributed by atoms with van der Waals surface area (Å²) in [4.78, 5) is 46.5. The van der Waals surface area contributed by atoms with Gasteiger partial charge in [0.05, 0.1) is 18.1 Å². The van der Waals surface area contributed by atoms with Crippen LogP contribution in [0.2, 0.25) is 0 Å². The number of nitro benzene ring substituents is 1. The predicted octanol–water partition coefficient (Wildman–Crippen LogP) is 3.21. The van der Waals surface area contributed by atoms with Gasteiger partial charge < -0.3 is 19.6 Å². The number of aryl methyl sites for hydroxylation is 1. The van der Waals surface area contributed by atoms with Gasteiger partial charge in [0.2, 0.25) is 0 Å². The largest absolute Gasteiger partial charge is 0.464 e. The zero-order valence-electron chi connectivity index (χ0n) is 17.3. The Morgan fingerprint density at radius 1 is 0.969 bits per heavy atom. The highest BCUT2D eigenvalue weighted by atomic mass is 16.9. The molecule has 0 spiro atoms. The first kappa shape index (κ1) is 25.8. The van der Waals surface area contributed by atoms with Crippen molar-refractivity contribution in [2.45, 2.75) is 19.8 Å². The monoisotopic (exact) mass is 449 g/mol. The van der Waals surface area contributed by atoms with Crippen LogP contribution in [0, 0.1) is 27.2 Å². The number of nitrogens with zero attached hydrogens (tertiary/aromatic N) is 2. The summed E-state index contributed by atoms with van der Waals surface area (Å²) < 4.78 is 9.65. The van der Waals surface area contributed by atoms with Crippen LogP contribution in [0.5, 0.6) is 5.75 Å².